The van der Waals surface area contributed by atoms with Crippen molar-refractivity contribution in [2.75, 3.05) is 25.5 Å². The fourth-order valence-electron chi connectivity index (χ4n) is 3.25. The van der Waals surface area contributed by atoms with E-state index in [0.717, 1.165) is 43.9 Å². The van der Waals surface area contributed by atoms with E-state index in [1.807, 2.05) is 24.4 Å². The van der Waals surface area contributed by atoms with E-state index in [9.17, 15) is 4.79 Å². The average Bonchev–Trinajstić information content (AvgIpc) is 2.83. The molecule has 2 aromatic rings. The zero-order chi connectivity index (χ0) is 18.5. The maximum absolute atomic E-state index is 12.3. The molecule has 0 saturated carbocycles. The summed E-state index contributed by atoms with van der Waals surface area (Å²) in [4.78, 5) is 23.9. The van der Waals surface area contributed by atoms with Crippen LogP contribution in [-0.4, -0.2) is 47.0 Å². The van der Waals surface area contributed by atoms with Gasteiger partial charge in [0, 0.05) is 51.0 Å². The van der Waals surface area contributed by atoms with Gasteiger partial charge in [-0.2, -0.15) is 0 Å². The van der Waals surface area contributed by atoms with Crippen LogP contribution in [0, 0.1) is 0 Å². The number of aromatic nitrogens is 2. The average molecular weight is 353 g/mol. The zero-order valence-electron chi connectivity index (χ0n) is 15.7. The third-order valence-corrected chi connectivity index (χ3v) is 4.56. The molecule has 3 rings (SSSR count). The van der Waals surface area contributed by atoms with Crippen molar-refractivity contribution in [1.82, 2.24) is 20.2 Å². The molecule has 0 spiro atoms. The molecule has 26 heavy (non-hydrogen) atoms. The van der Waals surface area contributed by atoms with Gasteiger partial charge in [-0.15, -0.1) is 0 Å². The van der Waals surface area contributed by atoms with Gasteiger partial charge in [0.1, 0.15) is 5.82 Å². The van der Waals surface area contributed by atoms with E-state index in [4.69, 9.17) is 4.98 Å². The van der Waals surface area contributed by atoms with Gasteiger partial charge < -0.3 is 10.6 Å². The highest BCUT2D eigenvalue weighted by Crippen LogP contribution is 2.23. The van der Waals surface area contributed by atoms with Gasteiger partial charge in [0.15, 0.2) is 0 Å². The Labute approximate surface area is 155 Å². The van der Waals surface area contributed by atoms with Crippen molar-refractivity contribution in [3.63, 3.8) is 0 Å². The van der Waals surface area contributed by atoms with Crippen LogP contribution in [0.15, 0.2) is 30.5 Å². The largest absolute Gasteiger partial charge is 0.367 e. The van der Waals surface area contributed by atoms with Crippen molar-refractivity contribution in [2.45, 2.75) is 39.3 Å². The zero-order valence-corrected chi connectivity index (χ0v) is 15.7. The molecule has 0 fully saturated rings. The lowest BCUT2D eigenvalue weighted by molar-refractivity contribution is 0.0963. The van der Waals surface area contributed by atoms with Gasteiger partial charge in [0.05, 0.1) is 11.3 Å². The highest BCUT2D eigenvalue weighted by molar-refractivity contribution is 5.98. The van der Waals surface area contributed by atoms with Crippen LogP contribution < -0.4 is 10.6 Å². The van der Waals surface area contributed by atoms with Crippen LogP contribution in [0.5, 0.6) is 0 Å². The second kappa shape index (κ2) is 8.27. The number of pyridine rings is 2. The summed E-state index contributed by atoms with van der Waals surface area (Å²) >= 11 is 0. The first kappa shape index (κ1) is 18.3. The molecule has 0 bridgehead atoms. The quantitative estimate of drug-likeness (QED) is 0.863. The maximum atomic E-state index is 12.3. The molecule has 6 heteroatoms. The molecular weight excluding hydrogens is 326 g/mol. The highest BCUT2D eigenvalue weighted by atomic mass is 16.1. The number of nitrogens with zero attached hydrogens (tertiary/aromatic N) is 3. The molecule has 2 aromatic heterocycles. The van der Waals surface area contributed by atoms with Gasteiger partial charge in [-0.1, -0.05) is 6.07 Å². The predicted molar refractivity (Wildman–Crippen MR) is 103 cm³/mol. The number of carbonyl (C=O) groups excluding carboxylic acids is 1. The smallest absolute Gasteiger partial charge is 0.254 e. The molecule has 1 aliphatic heterocycles. The molecule has 0 saturated heterocycles. The van der Waals surface area contributed by atoms with Gasteiger partial charge in [-0.05, 0) is 44.0 Å². The molecule has 0 aromatic carbocycles. The minimum absolute atomic E-state index is 0.0990. The number of nitrogens with one attached hydrogen (secondary N) is 2. The van der Waals surface area contributed by atoms with Crippen molar-refractivity contribution in [3.05, 3.63) is 53.0 Å². The number of anilines is 1. The van der Waals surface area contributed by atoms with Crippen molar-refractivity contribution < 1.29 is 4.79 Å². The van der Waals surface area contributed by atoms with E-state index in [2.05, 4.69) is 40.4 Å². The number of fused-ring (bicyclic) bond motifs is 1. The van der Waals surface area contributed by atoms with Crippen LogP contribution in [0.1, 0.15) is 41.2 Å². The highest BCUT2D eigenvalue weighted by Gasteiger charge is 2.21. The summed E-state index contributed by atoms with van der Waals surface area (Å²) in [5, 5.41) is 6.04. The Morgan fingerprint density at radius 2 is 2.08 bits per heavy atom. The number of amides is 1. The molecule has 0 atom stereocenters. The number of rotatable bonds is 5. The Morgan fingerprint density at radius 1 is 1.27 bits per heavy atom. The van der Waals surface area contributed by atoms with E-state index in [1.54, 1.807) is 7.05 Å². The molecule has 0 unspecified atom stereocenters. The van der Waals surface area contributed by atoms with Crippen LogP contribution >= 0.6 is 0 Å². The summed E-state index contributed by atoms with van der Waals surface area (Å²) in [5.74, 6) is 0.578. The first-order chi connectivity index (χ1) is 12.6. The molecule has 0 radical (unpaired) electrons. The van der Waals surface area contributed by atoms with Gasteiger partial charge >= 0.3 is 0 Å². The van der Waals surface area contributed by atoms with Crippen LogP contribution in [-0.2, 0) is 19.4 Å². The van der Waals surface area contributed by atoms with Crippen molar-refractivity contribution in [3.8, 4) is 0 Å². The van der Waals surface area contributed by atoms with Crippen LogP contribution in [0.2, 0.25) is 0 Å². The van der Waals surface area contributed by atoms with Crippen molar-refractivity contribution >= 4 is 11.7 Å². The molecule has 6 nitrogen and oxygen atoms in total. The SMILES string of the molecule is CNC(=O)c1cc2c(nc1NC(C)C)CCN(Cc1ccccn1)CC2. The Morgan fingerprint density at radius 3 is 2.77 bits per heavy atom. The lowest BCUT2D eigenvalue weighted by atomic mass is 10.0. The van der Waals surface area contributed by atoms with Crippen molar-refractivity contribution in [2.24, 2.45) is 0 Å². The number of hydrogen-bond acceptors (Lipinski definition) is 5. The number of carbonyl (C=O) groups is 1. The second-order valence-electron chi connectivity index (χ2n) is 6.97. The standard InChI is InChI=1S/C20H27N5O/c1-14(2)23-19-17(20(26)21-3)12-15-7-10-25(11-8-18(15)24-19)13-16-6-4-5-9-22-16/h4-6,9,12,14H,7-8,10-11,13H2,1-3H3,(H,21,26)(H,23,24). The summed E-state index contributed by atoms with van der Waals surface area (Å²) in [6.07, 6.45) is 3.60. The molecule has 1 aliphatic rings. The fourth-order valence-corrected chi connectivity index (χ4v) is 3.25. The maximum Gasteiger partial charge on any atom is 0.254 e. The van der Waals surface area contributed by atoms with Crippen LogP contribution in [0.3, 0.4) is 0 Å². The Hall–Kier alpha value is -2.47. The third kappa shape index (κ3) is 4.38. The topological polar surface area (TPSA) is 70.2 Å². The van der Waals surface area contributed by atoms with Crippen molar-refractivity contribution in [1.29, 1.82) is 0 Å². The Kier molecular flexibility index (Phi) is 5.83. The molecule has 2 N–H and O–H groups in total. The van der Waals surface area contributed by atoms with Crippen LogP contribution in [0.25, 0.3) is 0 Å². The molecule has 0 aliphatic carbocycles. The molecule has 1 amide bonds. The first-order valence-electron chi connectivity index (χ1n) is 9.20. The lowest BCUT2D eigenvalue weighted by Gasteiger charge is -2.18. The normalized spacial score (nSPS) is 14.6. The summed E-state index contributed by atoms with van der Waals surface area (Å²) < 4.78 is 0. The number of hydrogen-bond donors (Lipinski definition) is 2. The van der Waals surface area contributed by atoms with E-state index >= 15 is 0 Å². The van der Waals surface area contributed by atoms with Gasteiger partial charge in [-0.3, -0.25) is 14.7 Å². The third-order valence-electron chi connectivity index (χ3n) is 4.56. The Balaban J connectivity index is 1.81. The minimum atomic E-state index is -0.0990. The summed E-state index contributed by atoms with van der Waals surface area (Å²) in [5.41, 5.74) is 3.96. The van der Waals surface area contributed by atoms with E-state index < -0.39 is 0 Å². The summed E-state index contributed by atoms with van der Waals surface area (Å²) in [7, 11) is 1.65. The van der Waals surface area contributed by atoms with Crippen LogP contribution in [0.4, 0.5) is 5.82 Å². The lowest BCUT2D eigenvalue weighted by Crippen LogP contribution is -2.26. The summed E-state index contributed by atoms with van der Waals surface area (Å²) in [6.45, 7) is 6.83. The van der Waals surface area contributed by atoms with E-state index in [-0.39, 0.29) is 11.9 Å². The monoisotopic (exact) mass is 353 g/mol. The minimum Gasteiger partial charge on any atom is -0.367 e. The molecular formula is C20H27N5O. The second-order valence-corrected chi connectivity index (χ2v) is 6.97. The first-order valence-corrected chi connectivity index (χ1v) is 9.20. The predicted octanol–water partition coefficient (Wildman–Crippen LogP) is 2.26. The fraction of sp³-hybridized carbons (Fsp3) is 0.450. The van der Waals surface area contributed by atoms with Gasteiger partial charge in [0.2, 0.25) is 0 Å². The van der Waals surface area contributed by atoms with Gasteiger partial charge in [-0.25, -0.2) is 4.98 Å². The molecule has 138 valence electrons. The van der Waals surface area contributed by atoms with E-state index in [0.29, 0.717) is 11.4 Å². The Bertz CT molecular complexity index is 760. The van der Waals surface area contributed by atoms with Gasteiger partial charge in [0.25, 0.3) is 5.91 Å². The summed E-state index contributed by atoms with van der Waals surface area (Å²) in [6, 6.07) is 8.25. The van der Waals surface area contributed by atoms with E-state index in [1.165, 1.54) is 5.56 Å². The molecule has 3 heterocycles.